The van der Waals surface area contributed by atoms with E-state index in [4.69, 9.17) is 34.7 Å². The molecule has 0 saturated carbocycles. The molecule has 1 rings (SSSR count). The Morgan fingerprint density at radius 1 is 1.07 bits per heavy atom. The molecular weight excluding hydrogens is 227 g/mol. The molecule has 0 unspecified atom stereocenters. The summed E-state index contributed by atoms with van der Waals surface area (Å²) >= 11 is 10.5. The van der Waals surface area contributed by atoms with Gasteiger partial charge < -0.3 is 11.5 Å². The van der Waals surface area contributed by atoms with Gasteiger partial charge in [-0.2, -0.15) is 0 Å². The van der Waals surface area contributed by atoms with Crippen molar-refractivity contribution in [3.8, 4) is 0 Å². The van der Waals surface area contributed by atoms with E-state index in [1.807, 2.05) is 0 Å². The Bertz CT molecular complexity index is 418. The standard InChI is InChI=1S/C8H6Cl2N2O2/c9-7(13)3-1-2-4(11)5(6(3)12)8(10)14/h1-2H,11-12H2. The van der Waals surface area contributed by atoms with Crippen molar-refractivity contribution < 1.29 is 9.59 Å². The van der Waals surface area contributed by atoms with Crippen LogP contribution in [0.1, 0.15) is 20.7 Å². The van der Waals surface area contributed by atoms with Gasteiger partial charge in [0.1, 0.15) is 0 Å². The highest BCUT2D eigenvalue weighted by atomic mass is 35.5. The molecule has 0 amide bonds. The largest absolute Gasteiger partial charge is 0.398 e. The monoisotopic (exact) mass is 232 g/mol. The van der Waals surface area contributed by atoms with Crippen molar-refractivity contribution in [3.05, 3.63) is 23.3 Å². The van der Waals surface area contributed by atoms with E-state index in [1.54, 1.807) is 0 Å². The van der Waals surface area contributed by atoms with Crippen molar-refractivity contribution >= 4 is 45.1 Å². The molecule has 74 valence electrons. The van der Waals surface area contributed by atoms with Crippen molar-refractivity contribution in [3.63, 3.8) is 0 Å². The Morgan fingerprint density at radius 2 is 1.64 bits per heavy atom. The molecule has 4 nitrogen and oxygen atoms in total. The molecule has 4 N–H and O–H groups in total. The van der Waals surface area contributed by atoms with Crippen LogP contribution in [0, 0.1) is 0 Å². The predicted molar refractivity (Wildman–Crippen MR) is 55.6 cm³/mol. The molecule has 0 aromatic heterocycles. The number of hydrogen-bond acceptors (Lipinski definition) is 4. The van der Waals surface area contributed by atoms with E-state index >= 15 is 0 Å². The van der Waals surface area contributed by atoms with Crippen molar-refractivity contribution in [1.82, 2.24) is 0 Å². The van der Waals surface area contributed by atoms with Gasteiger partial charge in [-0.15, -0.1) is 0 Å². The Hall–Kier alpha value is -1.26. The summed E-state index contributed by atoms with van der Waals surface area (Å²) in [5.41, 5.74) is 10.9. The van der Waals surface area contributed by atoms with Crippen LogP contribution in [-0.2, 0) is 0 Å². The molecule has 6 heteroatoms. The fraction of sp³-hybridized carbons (Fsp3) is 0. The summed E-state index contributed by atoms with van der Waals surface area (Å²) in [6.45, 7) is 0. The number of carbonyl (C=O) groups is 2. The van der Waals surface area contributed by atoms with Gasteiger partial charge in [-0.05, 0) is 35.3 Å². The minimum atomic E-state index is -0.820. The maximum atomic E-state index is 10.9. The van der Waals surface area contributed by atoms with Crippen LogP contribution in [0.3, 0.4) is 0 Å². The summed E-state index contributed by atoms with van der Waals surface area (Å²) in [5.74, 6) is 0. The Balaban J connectivity index is 3.49. The fourth-order valence-electron chi connectivity index (χ4n) is 1.03. The summed E-state index contributed by atoms with van der Waals surface area (Å²) < 4.78 is 0. The first-order valence-electron chi connectivity index (χ1n) is 3.52. The third-order valence-electron chi connectivity index (χ3n) is 1.69. The summed E-state index contributed by atoms with van der Waals surface area (Å²) in [6, 6.07) is 2.69. The van der Waals surface area contributed by atoms with Crippen molar-refractivity contribution in [2.24, 2.45) is 0 Å². The molecule has 0 fully saturated rings. The second-order valence-corrected chi connectivity index (χ2v) is 3.23. The Morgan fingerprint density at radius 3 is 2.07 bits per heavy atom. The first kappa shape index (κ1) is 10.8. The van der Waals surface area contributed by atoms with Crippen molar-refractivity contribution in [2.75, 3.05) is 11.5 Å². The van der Waals surface area contributed by atoms with Gasteiger partial charge in [0.05, 0.1) is 16.8 Å². The molecule has 14 heavy (non-hydrogen) atoms. The zero-order valence-electron chi connectivity index (χ0n) is 6.88. The highest BCUT2D eigenvalue weighted by molar-refractivity contribution is 6.70. The van der Waals surface area contributed by atoms with Gasteiger partial charge >= 0.3 is 0 Å². The highest BCUT2D eigenvalue weighted by Crippen LogP contribution is 2.26. The average Bonchev–Trinajstić information content (AvgIpc) is 2.02. The quantitative estimate of drug-likeness (QED) is 0.600. The summed E-state index contributed by atoms with van der Waals surface area (Å²) in [7, 11) is 0. The van der Waals surface area contributed by atoms with Crippen LogP contribution >= 0.6 is 23.2 Å². The van der Waals surface area contributed by atoms with E-state index in [2.05, 4.69) is 0 Å². The summed E-state index contributed by atoms with van der Waals surface area (Å²) in [6.07, 6.45) is 0. The van der Waals surface area contributed by atoms with E-state index < -0.39 is 10.5 Å². The predicted octanol–water partition coefficient (Wildman–Crippen LogP) is 1.61. The van der Waals surface area contributed by atoms with E-state index in [0.717, 1.165) is 0 Å². The number of nitrogens with two attached hydrogens (primary N) is 2. The van der Waals surface area contributed by atoms with E-state index in [9.17, 15) is 9.59 Å². The second-order valence-electron chi connectivity index (χ2n) is 2.54. The molecule has 1 aromatic rings. The van der Waals surface area contributed by atoms with Gasteiger partial charge in [0.15, 0.2) is 0 Å². The molecule has 0 saturated heterocycles. The number of rotatable bonds is 2. The molecule has 0 spiro atoms. The number of nitrogen functional groups attached to an aromatic ring is 2. The molecular formula is C8H6Cl2N2O2. The number of carbonyl (C=O) groups excluding carboxylic acids is 2. The Kier molecular flexibility index (Phi) is 2.98. The van der Waals surface area contributed by atoms with Crippen LogP contribution in [0.5, 0.6) is 0 Å². The smallest absolute Gasteiger partial charge is 0.256 e. The molecule has 0 bridgehead atoms. The van der Waals surface area contributed by atoms with E-state index in [0.29, 0.717) is 0 Å². The molecule has 1 aromatic carbocycles. The first-order chi connectivity index (χ1) is 6.45. The van der Waals surface area contributed by atoms with Crippen LogP contribution in [0.15, 0.2) is 12.1 Å². The van der Waals surface area contributed by atoms with Gasteiger partial charge in [-0.3, -0.25) is 9.59 Å². The third kappa shape index (κ3) is 1.81. The van der Waals surface area contributed by atoms with Gasteiger partial charge in [-0.1, -0.05) is 0 Å². The maximum absolute atomic E-state index is 10.9. The molecule has 0 atom stereocenters. The van der Waals surface area contributed by atoms with Crippen LogP contribution < -0.4 is 11.5 Å². The van der Waals surface area contributed by atoms with Crippen molar-refractivity contribution in [2.45, 2.75) is 0 Å². The maximum Gasteiger partial charge on any atom is 0.256 e. The van der Waals surface area contributed by atoms with Gasteiger partial charge in [0, 0.05) is 5.69 Å². The lowest BCUT2D eigenvalue weighted by Gasteiger charge is -2.07. The minimum absolute atomic E-state index is 0.0184. The SMILES string of the molecule is Nc1ccc(C(=O)Cl)c(N)c1C(=O)Cl. The van der Waals surface area contributed by atoms with E-state index in [-0.39, 0.29) is 22.5 Å². The summed E-state index contributed by atoms with van der Waals surface area (Å²) in [4.78, 5) is 21.8. The lowest BCUT2D eigenvalue weighted by molar-refractivity contribution is 0.108. The third-order valence-corrected chi connectivity index (χ3v) is 2.08. The molecule has 0 aliphatic carbocycles. The molecule has 0 aliphatic rings. The van der Waals surface area contributed by atoms with E-state index in [1.165, 1.54) is 12.1 Å². The second kappa shape index (κ2) is 3.86. The van der Waals surface area contributed by atoms with Gasteiger partial charge in [-0.25, -0.2) is 0 Å². The van der Waals surface area contributed by atoms with Crippen LogP contribution in [-0.4, -0.2) is 10.5 Å². The molecule has 0 aliphatic heterocycles. The van der Waals surface area contributed by atoms with Crippen LogP contribution in [0.4, 0.5) is 11.4 Å². The topological polar surface area (TPSA) is 86.2 Å². The Labute approximate surface area is 89.8 Å². The summed E-state index contributed by atoms with van der Waals surface area (Å²) in [5, 5.41) is -1.58. The highest BCUT2D eigenvalue weighted by Gasteiger charge is 2.17. The lowest BCUT2D eigenvalue weighted by Crippen LogP contribution is -2.07. The van der Waals surface area contributed by atoms with Crippen molar-refractivity contribution in [1.29, 1.82) is 0 Å². The number of anilines is 2. The lowest BCUT2D eigenvalue weighted by atomic mass is 10.1. The zero-order valence-corrected chi connectivity index (χ0v) is 8.39. The minimum Gasteiger partial charge on any atom is -0.398 e. The van der Waals surface area contributed by atoms with Gasteiger partial charge in [0.25, 0.3) is 10.5 Å². The number of benzene rings is 1. The zero-order chi connectivity index (χ0) is 10.9. The average molecular weight is 233 g/mol. The van der Waals surface area contributed by atoms with Crippen LogP contribution in [0.25, 0.3) is 0 Å². The van der Waals surface area contributed by atoms with Crippen LogP contribution in [0.2, 0.25) is 0 Å². The molecule has 0 radical (unpaired) electrons. The number of halogens is 2. The molecule has 0 heterocycles. The van der Waals surface area contributed by atoms with Gasteiger partial charge in [0.2, 0.25) is 0 Å². The fourth-order valence-corrected chi connectivity index (χ4v) is 1.40. The first-order valence-corrected chi connectivity index (χ1v) is 4.28. The number of hydrogen-bond donors (Lipinski definition) is 2. The normalized spacial score (nSPS) is 9.86.